The van der Waals surface area contributed by atoms with Gasteiger partial charge in [-0.15, -0.1) is 0 Å². The Morgan fingerprint density at radius 2 is 1.53 bits per heavy atom. The molecule has 1 amide bonds. The average Bonchev–Trinajstić information content (AvgIpc) is 3.41. The third-order valence-corrected chi connectivity index (χ3v) is 9.86. The number of nitrogens with one attached hydrogen (secondary N) is 1. The Hall–Kier alpha value is -2.54. The molecule has 34 heavy (non-hydrogen) atoms. The van der Waals surface area contributed by atoms with Gasteiger partial charge in [0.1, 0.15) is 5.82 Å². The van der Waals surface area contributed by atoms with E-state index in [9.17, 15) is 21.6 Å². The van der Waals surface area contributed by atoms with Crippen molar-refractivity contribution in [2.45, 2.75) is 17.7 Å². The number of hydrogen-bond acceptors (Lipinski definition) is 7. The van der Waals surface area contributed by atoms with Crippen molar-refractivity contribution in [2.24, 2.45) is 0 Å². The number of hydrogen-bond donors (Lipinski definition) is 1. The average molecular weight is 508 g/mol. The number of anilines is 1. The van der Waals surface area contributed by atoms with Gasteiger partial charge in [0.05, 0.1) is 10.6 Å². The van der Waals surface area contributed by atoms with Crippen LogP contribution < -0.4 is 10.2 Å². The Morgan fingerprint density at radius 1 is 0.853 bits per heavy atom. The first-order valence-corrected chi connectivity index (χ1v) is 14.3. The molecule has 2 aliphatic rings. The first kappa shape index (κ1) is 24.6. The minimum atomic E-state index is -3.54. The second-order valence-corrected chi connectivity index (χ2v) is 12.3. The Kier molecular flexibility index (Phi) is 7.51. The highest BCUT2D eigenvalue weighted by Crippen LogP contribution is 2.21. The van der Waals surface area contributed by atoms with Gasteiger partial charge >= 0.3 is 0 Å². The van der Waals surface area contributed by atoms with Crippen LogP contribution in [0.4, 0.5) is 5.82 Å². The number of carbonyl (C=O) groups excluding carboxylic acids is 1. The zero-order valence-corrected chi connectivity index (χ0v) is 20.5. The van der Waals surface area contributed by atoms with E-state index >= 15 is 0 Å². The third-order valence-electron chi connectivity index (χ3n) is 6.07. The number of benzene rings is 1. The molecular weight excluding hydrogens is 478 g/mol. The summed E-state index contributed by atoms with van der Waals surface area (Å²) < 4.78 is 53.5. The van der Waals surface area contributed by atoms with Crippen LogP contribution in [0.1, 0.15) is 23.2 Å². The predicted molar refractivity (Wildman–Crippen MR) is 129 cm³/mol. The number of carbonyl (C=O) groups is 1. The van der Waals surface area contributed by atoms with E-state index in [-0.39, 0.29) is 22.8 Å². The van der Waals surface area contributed by atoms with E-state index in [1.165, 1.54) is 32.9 Å². The van der Waals surface area contributed by atoms with Gasteiger partial charge in [-0.1, -0.05) is 6.07 Å². The highest BCUT2D eigenvalue weighted by molar-refractivity contribution is 7.89. The molecule has 0 saturated carbocycles. The number of amides is 1. The van der Waals surface area contributed by atoms with Crippen LogP contribution in [0, 0.1) is 0 Å². The second kappa shape index (κ2) is 10.4. The van der Waals surface area contributed by atoms with Crippen LogP contribution in [0.5, 0.6) is 0 Å². The van der Waals surface area contributed by atoms with Crippen LogP contribution in [0.2, 0.25) is 0 Å². The molecule has 2 aliphatic heterocycles. The minimum Gasteiger partial charge on any atom is -0.354 e. The summed E-state index contributed by atoms with van der Waals surface area (Å²) in [6.45, 7) is 2.81. The zero-order valence-electron chi connectivity index (χ0n) is 18.8. The molecule has 0 unspecified atom stereocenters. The molecule has 0 radical (unpaired) electrons. The molecule has 4 rings (SSSR count). The number of rotatable bonds is 8. The van der Waals surface area contributed by atoms with Gasteiger partial charge in [-0.05, 0) is 49.2 Å². The lowest BCUT2D eigenvalue weighted by atomic mass is 10.2. The first-order chi connectivity index (χ1) is 16.3. The molecule has 2 aromatic rings. The van der Waals surface area contributed by atoms with Crippen LogP contribution in [0.15, 0.2) is 53.6 Å². The maximum atomic E-state index is 12.7. The SMILES string of the molecule is O=C(NCCS(=O)(=O)N1CCN(c2ccccn2)CC1)c1ccc(S(=O)(=O)N2CCCC2)cc1. The van der Waals surface area contributed by atoms with Gasteiger partial charge in [0.2, 0.25) is 20.0 Å². The fourth-order valence-electron chi connectivity index (χ4n) is 4.12. The van der Waals surface area contributed by atoms with E-state index in [0.29, 0.717) is 39.3 Å². The molecular formula is C22H29N5O5S2. The van der Waals surface area contributed by atoms with Crippen LogP contribution in [-0.4, -0.2) is 87.9 Å². The van der Waals surface area contributed by atoms with E-state index in [1.807, 2.05) is 23.1 Å². The van der Waals surface area contributed by atoms with Gasteiger partial charge < -0.3 is 10.2 Å². The Labute approximate surface area is 200 Å². The van der Waals surface area contributed by atoms with Crippen molar-refractivity contribution in [3.05, 3.63) is 54.2 Å². The van der Waals surface area contributed by atoms with Gasteiger partial charge in [0.25, 0.3) is 5.91 Å². The summed E-state index contributed by atoms with van der Waals surface area (Å²) in [7, 11) is -7.06. The number of nitrogens with zero attached hydrogens (tertiary/aromatic N) is 4. The maximum Gasteiger partial charge on any atom is 0.251 e. The Balaban J connectivity index is 1.26. The monoisotopic (exact) mass is 507 g/mol. The normalized spacial score (nSPS) is 18.2. The van der Waals surface area contributed by atoms with Gasteiger partial charge in [-0.25, -0.2) is 21.8 Å². The molecule has 2 saturated heterocycles. The lowest BCUT2D eigenvalue weighted by Crippen LogP contribution is -2.50. The molecule has 1 aromatic heterocycles. The predicted octanol–water partition coefficient (Wildman–Crippen LogP) is 0.748. The fourth-order valence-corrected chi connectivity index (χ4v) is 6.97. The lowest BCUT2D eigenvalue weighted by molar-refractivity contribution is 0.0956. The van der Waals surface area contributed by atoms with Crippen LogP contribution in [0.3, 0.4) is 0 Å². The molecule has 0 atom stereocenters. The number of pyridine rings is 1. The molecule has 0 aliphatic carbocycles. The number of sulfonamides is 2. The fraction of sp³-hybridized carbons (Fsp3) is 0.455. The summed E-state index contributed by atoms with van der Waals surface area (Å²) in [6.07, 6.45) is 3.41. The van der Waals surface area contributed by atoms with Crippen molar-refractivity contribution in [3.63, 3.8) is 0 Å². The van der Waals surface area contributed by atoms with Crippen LogP contribution >= 0.6 is 0 Å². The van der Waals surface area contributed by atoms with E-state index in [4.69, 9.17) is 0 Å². The van der Waals surface area contributed by atoms with Crippen molar-refractivity contribution < 1.29 is 21.6 Å². The molecule has 184 valence electrons. The number of piperazine rings is 1. The number of aromatic nitrogens is 1. The third kappa shape index (κ3) is 5.57. The van der Waals surface area contributed by atoms with Crippen molar-refractivity contribution in [2.75, 3.05) is 56.5 Å². The topological polar surface area (TPSA) is 120 Å². The van der Waals surface area contributed by atoms with Gasteiger partial charge in [-0.3, -0.25) is 4.79 Å². The van der Waals surface area contributed by atoms with Crippen LogP contribution in [-0.2, 0) is 20.0 Å². The Morgan fingerprint density at radius 3 is 2.15 bits per heavy atom. The molecule has 3 heterocycles. The molecule has 0 bridgehead atoms. The van der Waals surface area contributed by atoms with Crippen molar-refractivity contribution in [1.29, 1.82) is 0 Å². The molecule has 10 nitrogen and oxygen atoms in total. The highest BCUT2D eigenvalue weighted by Gasteiger charge is 2.28. The summed E-state index contributed by atoms with van der Waals surface area (Å²) >= 11 is 0. The van der Waals surface area contributed by atoms with Crippen molar-refractivity contribution in [1.82, 2.24) is 18.9 Å². The first-order valence-electron chi connectivity index (χ1n) is 11.3. The summed E-state index contributed by atoms with van der Waals surface area (Å²) in [6, 6.07) is 11.4. The molecule has 12 heteroatoms. The zero-order chi connectivity index (χ0) is 24.2. The largest absolute Gasteiger partial charge is 0.354 e. The quantitative estimate of drug-likeness (QED) is 0.560. The standard InChI is InChI=1S/C22H29N5O5S2/c28-22(19-6-8-20(9-7-19)34(31,32)27-12-3-4-13-27)24-11-18-33(29,30)26-16-14-25(15-17-26)21-5-1-2-10-23-21/h1-2,5-10H,3-4,11-18H2,(H,24,28). The smallest absolute Gasteiger partial charge is 0.251 e. The summed E-state index contributed by atoms with van der Waals surface area (Å²) in [5, 5.41) is 2.62. The van der Waals surface area contributed by atoms with Crippen molar-refractivity contribution in [3.8, 4) is 0 Å². The molecule has 2 fully saturated rings. The lowest BCUT2D eigenvalue weighted by Gasteiger charge is -2.34. The van der Waals surface area contributed by atoms with E-state index in [2.05, 4.69) is 10.3 Å². The highest BCUT2D eigenvalue weighted by atomic mass is 32.2. The molecule has 1 aromatic carbocycles. The van der Waals surface area contributed by atoms with E-state index in [0.717, 1.165) is 18.7 Å². The summed E-state index contributed by atoms with van der Waals surface area (Å²) in [5.41, 5.74) is 0.279. The summed E-state index contributed by atoms with van der Waals surface area (Å²) in [4.78, 5) is 18.9. The van der Waals surface area contributed by atoms with E-state index in [1.54, 1.807) is 6.20 Å². The van der Waals surface area contributed by atoms with Gasteiger partial charge in [0.15, 0.2) is 0 Å². The maximum absolute atomic E-state index is 12.7. The van der Waals surface area contributed by atoms with Crippen molar-refractivity contribution >= 4 is 31.8 Å². The minimum absolute atomic E-state index is 0.0323. The van der Waals surface area contributed by atoms with Crippen LogP contribution in [0.25, 0.3) is 0 Å². The molecule has 1 N–H and O–H groups in total. The van der Waals surface area contributed by atoms with Gasteiger partial charge in [0, 0.05) is 57.6 Å². The summed E-state index contributed by atoms with van der Waals surface area (Å²) in [5.74, 6) is 0.176. The van der Waals surface area contributed by atoms with E-state index < -0.39 is 26.0 Å². The molecule has 0 spiro atoms. The second-order valence-electron chi connectivity index (χ2n) is 8.28. The van der Waals surface area contributed by atoms with Gasteiger partial charge in [-0.2, -0.15) is 8.61 Å². The Bertz CT molecular complexity index is 1190.